The molecule has 3 aromatic rings. The van der Waals surface area contributed by atoms with Gasteiger partial charge in [0.15, 0.2) is 0 Å². The van der Waals surface area contributed by atoms with Crippen LogP contribution in [-0.4, -0.2) is 38.4 Å². The molecule has 7 nitrogen and oxygen atoms in total. The number of likely N-dealkylation sites (tertiary alicyclic amines) is 1. The number of benzene rings is 2. The van der Waals surface area contributed by atoms with Crippen molar-refractivity contribution in [2.24, 2.45) is 7.05 Å². The van der Waals surface area contributed by atoms with Crippen LogP contribution >= 0.6 is 0 Å². The van der Waals surface area contributed by atoms with Crippen molar-refractivity contribution in [3.63, 3.8) is 0 Å². The monoisotopic (exact) mass is 419 g/mol. The molecule has 0 bridgehead atoms. The Morgan fingerprint density at radius 3 is 2.43 bits per heavy atom. The van der Waals surface area contributed by atoms with Crippen molar-refractivity contribution in [2.45, 2.75) is 25.1 Å². The molecule has 158 valence electrons. The van der Waals surface area contributed by atoms with Gasteiger partial charge in [-0.3, -0.25) is 4.57 Å². The fraction of sp³-hybridized carbons (Fsp3) is 0.350. The van der Waals surface area contributed by atoms with Crippen molar-refractivity contribution in [2.75, 3.05) is 18.4 Å². The average Bonchev–Trinajstić information content (AvgIpc) is 3.03. The smallest absolute Gasteiger partial charge is 0.324 e. The number of amides is 2. The van der Waals surface area contributed by atoms with E-state index in [1.807, 2.05) is 42.5 Å². The second kappa shape index (κ2) is 7.51. The highest BCUT2D eigenvalue weighted by Crippen LogP contribution is 2.28. The van der Waals surface area contributed by atoms with Gasteiger partial charge in [-0.15, -0.1) is 5.10 Å². The van der Waals surface area contributed by atoms with Crippen LogP contribution in [0.3, 0.4) is 0 Å². The van der Waals surface area contributed by atoms with E-state index in [1.54, 1.807) is 4.90 Å². The molecule has 30 heavy (non-hydrogen) atoms. The fourth-order valence-electron chi connectivity index (χ4n) is 3.78. The zero-order valence-corrected chi connectivity index (χ0v) is 16.2. The van der Waals surface area contributed by atoms with Gasteiger partial charge < -0.3 is 10.2 Å². The highest BCUT2D eigenvalue weighted by molar-refractivity contribution is 6.01. The van der Waals surface area contributed by atoms with E-state index < -0.39 is 23.7 Å². The van der Waals surface area contributed by atoms with Crippen molar-refractivity contribution in [3.8, 4) is 0 Å². The van der Waals surface area contributed by atoms with Crippen LogP contribution in [-0.2, 0) is 13.2 Å². The Kier molecular flexibility index (Phi) is 5.00. The Labute approximate surface area is 169 Å². The lowest BCUT2D eigenvalue weighted by molar-refractivity contribution is -0.147. The largest absolute Gasteiger partial charge is 0.451 e. The van der Waals surface area contributed by atoms with Gasteiger partial charge in [-0.1, -0.05) is 36.4 Å². The fourth-order valence-corrected chi connectivity index (χ4v) is 3.78. The molecule has 0 unspecified atom stereocenters. The van der Waals surface area contributed by atoms with E-state index >= 15 is 0 Å². The lowest BCUT2D eigenvalue weighted by Crippen LogP contribution is -2.43. The molecule has 1 saturated heterocycles. The number of piperidine rings is 1. The summed E-state index contributed by atoms with van der Waals surface area (Å²) in [5.74, 6) is -1.22. The van der Waals surface area contributed by atoms with Crippen molar-refractivity contribution in [1.82, 2.24) is 19.2 Å². The molecule has 0 radical (unpaired) electrons. The van der Waals surface area contributed by atoms with Crippen molar-refractivity contribution >= 4 is 22.5 Å². The van der Waals surface area contributed by atoms with Crippen molar-refractivity contribution in [3.05, 3.63) is 58.8 Å². The summed E-state index contributed by atoms with van der Waals surface area (Å²) in [4.78, 5) is 26.5. The molecule has 1 N–H and O–H groups in total. The van der Waals surface area contributed by atoms with E-state index in [4.69, 9.17) is 0 Å². The minimum atomic E-state index is -4.70. The van der Waals surface area contributed by atoms with Crippen molar-refractivity contribution in [1.29, 1.82) is 0 Å². The second-order valence-electron chi connectivity index (χ2n) is 7.28. The Hall–Kier alpha value is -3.30. The van der Waals surface area contributed by atoms with Gasteiger partial charge in [0.25, 0.3) is 0 Å². The number of carbonyl (C=O) groups excluding carboxylic acids is 1. The number of anilines is 1. The number of hydrogen-bond acceptors (Lipinski definition) is 3. The predicted molar refractivity (Wildman–Crippen MR) is 105 cm³/mol. The van der Waals surface area contributed by atoms with Gasteiger partial charge in [-0.25, -0.2) is 14.3 Å². The van der Waals surface area contributed by atoms with Crippen molar-refractivity contribution < 1.29 is 18.0 Å². The first-order valence-corrected chi connectivity index (χ1v) is 9.52. The Morgan fingerprint density at radius 2 is 1.77 bits per heavy atom. The number of carbonyl (C=O) groups is 1. The van der Waals surface area contributed by atoms with Crippen LogP contribution in [0.2, 0.25) is 0 Å². The van der Waals surface area contributed by atoms with Crippen LogP contribution < -0.4 is 11.0 Å². The summed E-state index contributed by atoms with van der Waals surface area (Å²) < 4.78 is 40.4. The number of rotatable bonds is 2. The van der Waals surface area contributed by atoms with Crippen LogP contribution in [0.1, 0.15) is 24.7 Å². The molecule has 2 amide bonds. The van der Waals surface area contributed by atoms with Gasteiger partial charge in [0.1, 0.15) is 0 Å². The molecule has 4 rings (SSSR count). The SMILES string of the molecule is Cn1c(C(F)(F)F)nn(C2CCN(C(=O)Nc3cccc4ccccc34)CC2)c1=O. The van der Waals surface area contributed by atoms with E-state index in [9.17, 15) is 22.8 Å². The molecule has 1 aromatic heterocycles. The first-order valence-electron chi connectivity index (χ1n) is 9.52. The molecule has 1 aliphatic rings. The number of aromatic nitrogens is 3. The molecule has 2 aromatic carbocycles. The summed E-state index contributed by atoms with van der Waals surface area (Å²) >= 11 is 0. The number of nitrogens with zero attached hydrogens (tertiary/aromatic N) is 4. The lowest BCUT2D eigenvalue weighted by Gasteiger charge is -2.31. The average molecular weight is 419 g/mol. The van der Waals surface area contributed by atoms with Crippen LogP contribution in [0.25, 0.3) is 10.8 Å². The van der Waals surface area contributed by atoms with E-state index in [0.717, 1.165) is 22.5 Å². The predicted octanol–water partition coefficient (Wildman–Crippen LogP) is 3.62. The summed E-state index contributed by atoms with van der Waals surface area (Å²) in [5, 5.41) is 8.33. The number of fused-ring (bicyclic) bond motifs is 1. The molecule has 0 aliphatic carbocycles. The molecule has 10 heteroatoms. The van der Waals surface area contributed by atoms with Crippen LogP contribution in [0, 0.1) is 0 Å². The van der Waals surface area contributed by atoms with Gasteiger partial charge in [0.2, 0.25) is 5.82 Å². The molecule has 0 saturated carbocycles. The molecular formula is C20H20F3N5O2. The summed E-state index contributed by atoms with van der Waals surface area (Å²) in [6.45, 7) is 0.622. The number of urea groups is 1. The minimum Gasteiger partial charge on any atom is -0.324 e. The number of nitrogens with one attached hydrogen (secondary N) is 1. The van der Waals surface area contributed by atoms with Crippen LogP contribution in [0.15, 0.2) is 47.3 Å². The molecule has 0 spiro atoms. The zero-order chi connectivity index (χ0) is 21.5. The Bertz CT molecular complexity index is 1140. The maximum atomic E-state index is 13.0. The third-order valence-electron chi connectivity index (χ3n) is 5.39. The standard InChI is InChI=1S/C20H20F3N5O2/c1-26-17(20(21,22)23)25-28(19(26)30)14-9-11-27(12-10-14)18(29)24-16-8-4-6-13-5-2-3-7-15(13)16/h2-8,14H,9-12H2,1H3,(H,24,29). The van der Waals surface area contributed by atoms with Crippen LogP contribution in [0.5, 0.6) is 0 Å². The number of alkyl halides is 3. The zero-order valence-electron chi connectivity index (χ0n) is 16.2. The number of hydrogen-bond donors (Lipinski definition) is 1. The highest BCUT2D eigenvalue weighted by atomic mass is 19.4. The van der Waals surface area contributed by atoms with Gasteiger partial charge >= 0.3 is 17.9 Å². The minimum absolute atomic E-state index is 0.283. The summed E-state index contributed by atoms with van der Waals surface area (Å²) in [6.07, 6.45) is -4.01. The maximum absolute atomic E-state index is 13.0. The van der Waals surface area contributed by atoms with E-state index in [0.29, 0.717) is 36.2 Å². The van der Waals surface area contributed by atoms with Gasteiger partial charge in [-0.2, -0.15) is 13.2 Å². The molecule has 1 aliphatic heterocycles. The molecule has 1 fully saturated rings. The topological polar surface area (TPSA) is 72.2 Å². The van der Waals surface area contributed by atoms with E-state index in [2.05, 4.69) is 10.4 Å². The summed E-state index contributed by atoms with van der Waals surface area (Å²) in [5.41, 5.74) is -0.114. The summed E-state index contributed by atoms with van der Waals surface area (Å²) in [6, 6.07) is 12.5. The third-order valence-corrected chi connectivity index (χ3v) is 5.39. The third kappa shape index (κ3) is 3.64. The Morgan fingerprint density at radius 1 is 1.10 bits per heavy atom. The number of halogens is 3. The second-order valence-corrected chi connectivity index (χ2v) is 7.28. The first kappa shape index (κ1) is 20.0. The lowest BCUT2D eigenvalue weighted by atomic mass is 10.1. The quantitative estimate of drug-likeness (QED) is 0.690. The molecule has 2 heterocycles. The maximum Gasteiger partial charge on any atom is 0.451 e. The van der Waals surface area contributed by atoms with E-state index in [1.165, 1.54) is 0 Å². The van der Waals surface area contributed by atoms with Gasteiger partial charge in [-0.05, 0) is 24.3 Å². The van der Waals surface area contributed by atoms with Gasteiger partial charge in [0, 0.05) is 25.5 Å². The molecule has 0 atom stereocenters. The summed E-state index contributed by atoms with van der Waals surface area (Å²) in [7, 11) is 1.06. The molecular weight excluding hydrogens is 399 g/mol. The Balaban J connectivity index is 1.45. The van der Waals surface area contributed by atoms with E-state index in [-0.39, 0.29) is 6.03 Å². The van der Waals surface area contributed by atoms with Gasteiger partial charge in [0.05, 0.1) is 11.7 Å². The van der Waals surface area contributed by atoms with Crippen LogP contribution in [0.4, 0.5) is 23.7 Å². The normalized spacial score (nSPS) is 15.5. The first-order chi connectivity index (χ1) is 14.3. The highest BCUT2D eigenvalue weighted by Gasteiger charge is 2.39.